The Morgan fingerprint density at radius 1 is 1.38 bits per heavy atom. The topological polar surface area (TPSA) is 76.9 Å². The van der Waals surface area contributed by atoms with Gasteiger partial charge in [0.25, 0.3) is 0 Å². The average Bonchev–Trinajstić information content (AvgIpc) is 2.49. The van der Waals surface area contributed by atoms with E-state index in [4.69, 9.17) is 9.57 Å². The minimum Gasteiger partial charge on any atom is -0.463 e. The number of carbonyl (C=O) groups excluding carboxylic acids is 1. The van der Waals surface area contributed by atoms with Gasteiger partial charge in [0.2, 0.25) is 12.6 Å². The number of aromatic nitrogens is 2. The van der Waals surface area contributed by atoms with Crippen molar-refractivity contribution in [3.8, 4) is 0 Å². The monoisotopic (exact) mass is 356 g/mol. The molecular formula is C13H17BrN4O3. The lowest BCUT2D eigenvalue weighted by molar-refractivity contribution is -0.148. The minimum absolute atomic E-state index is 0.142. The van der Waals surface area contributed by atoms with Crippen LogP contribution in [0.15, 0.2) is 22.0 Å². The van der Waals surface area contributed by atoms with Crippen LogP contribution in [-0.2, 0) is 14.4 Å². The highest BCUT2D eigenvalue weighted by Crippen LogP contribution is 2.15. The number of hydrogen-bond donors (Lipinski definition) is 0. The number of ether oxygens (including phenoxy) is 1. The van der Waals surface area contributed by atoms with Crippen molar-refractivity contribution < 1.29 is 14.4 Å². The molecular weight excluding hydrogens is 340 g/mol. The second kappa shape index (κ2) is 7.92. The molecule has 1 saturated heterocycles. The molecule has 1 fully saturated rings. The van der Waals surface area contributed by atoms with Gasteiger partial charge >= 0.3 is 5.97 Å². The lowest BCUT2D eigenvalue weighted by Gasteiger charge is -2.27. The summed E-state index contributed by atoms with van der Waals surface area (Å²) in [6.07, 6.45) is 4.99. The first-order valence-corrected chi connectivity index (χ1v) is 7.54. The van der Waals surface area contributed by atoms with Crippen molar-refractivity contribution in [2.45, 2.75) is 19.8 Å². The van der Waals surface area contributed by atoms with Gasteiger partial charge in [-0.05, 0) is 22.9 Å². The molecule has 1 aliphatic rings. The standard InChI is InChI=1S/C13H17BrN4O3/c1-2-20-12(19)9-21-17-11-3-5-18(6-4-11)13-15-7-10(14)8-16-13/h7-8H,2-6,9H2,1H3. The third-order valence-corrected chi connectivity index (χ3v) is 3.32. The predicted molar refractivity (Wildman–Crippen MR) is 81.2 cm³/mol. The number of anilines is 1. The van der Waals surface area contributed by atoms with Crippen molar-refractivity contribution in [3.63, 3.8) is 0 Å². The number of esters is 1. The molecule has 0 aromatic carbocycles. The summed E-state index contributed by atoms with van der Waals surface area (Å²) in [4.78, 5) is 26.7. The van der Waals surface area contributed by atoms with Crippen LogP contribution in [0.2, 0.25) is 0 Å². The van der Waals surface area contributed by atoms with Gasteiger partial charge in [-0.15, -0.1) is 0 Å². The fourth-order valence-corrected chi connectivity index (χ4v) is 2.11. The summed E-state index contributed by atoms with van der Waals surface area (Å²) >= 11 is 3.31. The van der Waals surface area contributed by atoms with Gasteiger partial charge in [-0.3, -0.25) is 0 Å². The van der Waals surface area contributed by atoms with E-state index in [9.17, 15) is 4.79 Å². The third kappa shape index (κ3) is 4.96. The first-order valence-electron chi connectivity index (χ1n) is 6.75. The van der Waals surface area contributed by atoms with Crippen molar-refractivity contribution >= 4 is 33.6 Å². The lowest BCUT2D eigenvalue weighted by Crippen LogP contribution is -2.35. The Balaban J connectivity index is 1.77. The Bertz CT molecular complexity index is 497. The van der Waals surface area contributed by atoms with Crippen molar-refractivity contribution in [1.29, 1.82) is 0 Å². The van der Waals surface area contributed by atoms with Gasteiger partial charge in [-0.2, -0.15) is 0 Å². The number of oxime groups is 1. The van der Waals surface area contributed by atoms with Gasteiger partial charge in [-0.25, -0.2) is 14.8 Å². The van der Waals surface area contributed by atoms with Crippen LogP contribution in [0, 0.1) is 0 Å². The summed E-state index contributed by atoms with van der Waals surface area (Å²) in [6.45, 7) is 3.52. The van der Waals surface area contributed by atoms with Crippen LogP contribution < -0.4 is 4.90 Å². The lowest BCUT2D eigenvalue weighted by atomic mass is 10.1. The van der Waals surface area contributed by atoms with Crippen molar-refractivity contribution in [2.24, 2.45) is 5.16 Å². The normalized spacial score (nSPS) is 14.8. The molecule has 21 heavy (non-hydrogen) atoms. The molecule has 0 amide bonds. The highest BCUT2D eigenvalue weighted by atomic mass is 79.9. The van der Waals surface area contributed by atoms with Gasteiger partial charge in [0.1, 0.15) is 0 Å². The van der Waals surface area contributed by atoms with Crippen LogP contribution in [0.25, 0.3) is 0 Å². The van der Waals surface area contributed by atoms with E-state index in [0.29, 0.717) is 12.6 Å². The molecule has 0 saturated carbocycles. The molecule has 0 unspecified atom stereocenters. The summed E-state index contributed by atoms with van der Waals surface area (Å²) < 4.78 is 5.61. The van der Waals surface area contributed by atoms with Crippen molar-refractivity contribution in [3.05, 3.63) is 16.9 Å². The Morgan fingerprint density at radius 2 is 2.05 bits per heavy atom. The molecule has 0 aliphatic carbocycles. The molecule has 0 spiro atoms. The van der Waals surface area contributed by atoms with Crippen LogP contribution in [-0.4, -0.2) is 48.0 Å². The highest BCUT2D eigenvalue weighted by Gasteiger charge is 2.17. The van der Waals surface area contributed by atoms with Crippen LogP contribution in [0.4, 0.5) is 5.95 Å². The SMILES string of the molecule is CCOC(=O)CON=C1CCN(c2ncc(Br)cn2)CC1. The number of hydrogen-bond acceptors (Lipinski definition) is 7. The van der Waals surface area contributed by atoms with Crippen LogP contribution in [0.1, 0.15) is 19.8 Å². The molecule has 0 radical (unpaired) electrons. The minimum atomic E-state index is -0.400. The maximum atomic E-state index is 11.1. The second-order valence-corrected chi connectivity index (χ2v) is 5.34. The molecule has 1 aliphatic heterocycles. The van der Waals surface area contributed by atoms with Crippen molar-refractivity contribution in [1.82, 2.24) is 9.97 Å². The average molecular weight is 357 g/mol. The zero-order valence-corrected chi connectivity index (χ0v) is 13.4. The molecule has 2 rings (SSSR count). The van der Waals surface area contributed by atoms with E-state index in [0.717, 1.165) is 36.1 Å². The summed E-state index contributed by atoms with van der Waals surface area (Å²) in [5, 5.41) is 3.99. The number of carbonyl (C=O) groups is 1. The van der Waals surface area contributed by atoms with E-state index >= 15 is 0 Å². The Kier molecular flexibility index (Phi) is 5.91. The quantitative estimate of drug-likeness (QED) is 0.591. The fraction of sp³-hybridized carbons (Fsp3) is 0.538. The molecule has 0 bridgehead atoms. The van der Waals surface area contributed by atoms with Gasteiger partial charge in [0.15, 0.2) is 0 Å². The van der Waals surface area contributed by atoms with Crippen LogP contribution >= 0.6 is 15.9 Å². The molecule has 2 heterocycles. The van der Waals surface area contributed by atoms with Crippen LogP contribution in [0.3, 0.4) is 0 Å². The first-order chi connectivity index (χ1) is 10.2. The van der Waals surface area contributed by atoms with Crippen molar-refractivity contribution in [2.75, 3.05) is 31.2 Å². The number of nitrogens with zero attached hydrogens (tertiary/aromatic N) is 4. The summed E-state index contributed by atoms with van der Waals surface area (Å²) in [5.41, 5.74) is 0.938. The Morgan fingerprint density at radius 3 is 2.67 bits per heavy atom. The molecule has 0 N–H and O–H groups in total. The molecule has 8 heteroatoms. The molecule has 1 aromatic rings. The van der Waals surface area contributed by atoms with Crippen LogP contribution in [0.5, 0.6) is 0 Å². The van der Waals surface area contributed by atoms with E-state index in [2.05, 4.69) is 36.0 Å². The third-order valence-electron chi connectivity index (χ3n) is 2.91. The largest absolute Gasteiger partial charge is 0.463 e. The van der Waals surface area contributed by atoms with Gasteiger partial charge in [0.05, 0.1) is 16.8 Å². The number of rotatable bonds is 5. The molecule has 0 atom stereocenters. The van der Waals surface area contributed by atoms with Gasteiger partial charge < -0.3 is 14.5 Å². The first kappa shape index (κ1) is 15.7. The van der Waals surface area contributed by atoms with E-state index in [1.54, 1.807) is 19.3 Å². The molecule has 114 valence electrons. The van der Waals surface area contributed by atoms with E-state index in [-0.39, 0.29) is 6.61 Å². The van der Waals surface area contributed by atoms with E-state index < -0.39 is 5.97 Å². The Hall–Kier alpha value is -1.70. The Labute approximate surface area is 131 Å². The smallest absolute Gasteiger partial charge is 0.347 e. The zero-order valence-electron chi connectivity index (χ0n) is 11.8. The predicted octanol–water partition coefficient (Wildman–Crippen LogP) is 1.77. The molecule has 1 aromatic heterocycles. The summed E-state index contributed by atoms with van der Waals surface area (Å²) in [7, 11) is 0. The van der Waals surface area contributed by atoms with E-state index in [1.807, 2.05) is 0 Å². The molecule has 7 nitrogen and oxygen atoms in total. The highest BCUT2D eigenvalue weighted by molar-refractivity contribution is 9.10. The maximum Gasteiger partial charge on any atom is 0.347 e. The zero-order chi connectivity index (χ0) is 15.1. The summed E-state index contributed by atoms with van der Waals surface area (Å²) in [5.74, 6) is 0.312. The van der Waals surface area contributed by atoms with Gasteiger partial charge in [0, 0.05) is 38.3 Å². The fourth-order valence-electron chi connectivity index (χ4n) is 1.90. The second-order valence-electron chi connectivity index (χ2n) is 4.42. The number of halogens is 1. The van der Waals surface area contributed by atoms with E-state index in [1.165, 1.54) is 0 Å². The summed E-state index contributed by atoms with van der Waals surface area (Å²) in [6, 6.07) is 0. The number of piperidine rings is 1. The van der Waals surface area contributed by atoms with Gasteiger partial charge in [-0.1, -0.05) is 5.16 Å². The maximum absolute atomic E-state index is 11.1.